The van der Waals surface area contributed by atoms with E-state index >= 15 is 0 Å². The van der Waals surface area contributed by atoms with Crippen LogP contribution >= 0.6 is 0 Å². The van der Waals surface area contributed by atoms with Crippen molar-refractivity contribution in [1.82, 2.24) is 5.32 Å². The fourth-order valence-electron chi connectivity index (χ4n) is 1.40. The van der Waals surface area contributed by atoms with E-state index in [-0.39, 0.29) is 5.97 Å². The van der Waals surface area contributed by atoms with Crippen molar-refractivity contribution in [2.75, 3.05) is 20.2 Å². The summed E-state index contributed by atoms with van der Waals surface area (Å²) in [6.07, 6.45) is 4.58. The molecule has 0 aliphatic rings. The van der Waals surface area contributed by atoms with Gasteiger partial charge in [-0.05, 0) is 18.8 Å². The van der Waals surface area contributed by atoms with Gasteiger partial charge in [0.25, 0.3) is 0 Å². The van der Waals surface area contributed by atoms with Crippen LogP contribution in [0.4, 0.5) is 0 Å². The second kappa shape index (κ2) is 10.9. The molecule has 0 radical (unpaired) electrons. The summed E-state index contributed by atoms with van der Waals surface area (Å²) in [5.74, 6) is 0.931. The standard InChI is InChI=1S/C13H27N3O2/c1-11(2)10-16-13(14)15-9-7-5-4-6-8-12(17)18-3/h11H,4-10H2,1-3H3,(H3,14,15,16). The van der Waals surface area contributed by atoms with Crippen LogP contribution in [0.1, 0.15) is 46.0 Å². The van der Waals surface area contributed by atoms with Gasteiger partial charge in [0, 0.05) is 19.5 Å². The maximum Gasteiger partial charge on any atom is 0.305 e. The number of ether oxygens (including phenoxy) is 1. The summed E-state index contributed by atoms with van der Waals surface area (Å²) >= 11 is 0. The van der Waals surface area contributed by atoms with E-state index < -0.39 is 0 Å². The lowest BCUT2D eigenvalue weighted by atomic mass is 10.1. The highest BCUT2D eigenvalue weighted by Crippen LogP contribution is 2.03. The molecule has 0 fully saturated rings. The van der Waals surface area contributed by atoms with Crippen LogP contribution in [-0.4, -0.2) is 32.1 Å². The number of nitrogens with one attached hydrogen (secondary N) is 1. The molecule has 18 heavy (non-hydrogen) atoms. The van der Waals surface area contributed by atoms with Gasteiger partial charge >= 0.3 is 5.97 Å². The van der Waals surface area contributed by atoms with Gasteiger partial charge in [-0.1, -0.05) is 26.7 Å². The first kappa shape index (κ1) is 16.7. The minimum absolute atomic E-state index is 0.127. The fourth-order valence-corrected chi connectivity index (χ4v) is 1.40. The van der Waals surface area contributed by atoms with Crippen LogP contribution in [0.3, 0.4) is 0 Å². The summed E-state index contributed by atoms with van der Waals surface area (Å²) in [6.45, 7) is 5.82. The molecule has 0 amide bonds. The Balaban J connectivity index is 3.35. The zero-order chi connectivity index (χ0) is 13.8. The van der Waals surface area contributed by atoms with Crippen molar-refractivity contribution in [2.45, 2.75) is 46.0 Å². The van der Waals surface area contributed by atoms with E-state index in [4.69, 9.17) is 5.73 Å². The van der Waals surface area contributed by atoms with Gasteiger partial charge in [-0.2, -0.15) is 0 Å². The van der Waals surface area contributed by atoms with Crippen LogP contribution in [-0.2, 0) is 9.53 Å². The summed E-state index contributed by atoms with van der Waals surface area (Å²) in [4.78, 5) is 15.1. The van der Waals surface area contributed by atoms with Crippen LogP contribution in [0.5, 0.6) is 0 Å². The highest BCUT2D eigenvalue weighted by atomic mass is 16.5. The van der Waals surface area contributed by atoms with E-state index in [0.29, 0.717) is 18.3 Å². The van der Waals surface area contributed by atoms with Crippen LogP contribution in [0.25, 0.3) is 0 Å². The van der Waals surface area contributed by atoms with Crippen LogP contribution < -0.4 is 11.1 Å². The predicted octanol–water partition coefficient (Wildman–Crippen LogP) is 1.67. The Morgan fingerprint density at radius 1 is 1.28 bits per heavy atom. The minimum atomic E-state index is -0.127. The highest BCUT2D eigenvalue weighted by Gasteiger charge is 1.99. The molecule has 0 aromatic heterocycles. The summed E-state index contributed by atoms with van der Waals surface area (Å²) < 4.78 is 4.57. The van der Waals surface area contributed by atoms with E-state index in [0.717, 1.165) is 38.8 Å². The van der Waals surface area contributed by atoms with Crippen molar-refractivity contribution in [2.24, 2.45) is 16.6 Å². The number of carbonyl (C=O) groups excluding carboxylic acids is 1. The molecule has 0 spiro atoms. The van der Waals surface area contributed by atoms with Crippen LogP contribution in [0.2, 0.25) is 0 Å². The number of esters is 1. The number of unbranched alkanes of at least 4 members (excludes halogenated alkanes) is 3. The summed E-state index contributed by atoms with van der Waals surface area (Å²) in [6, 6.07) is 0. The molecular formula is C13H27N3O2. The number of aliphatic imine (C=N–C) groups is 1. The first-order valence-corrected chi connectivity index (χ1v) is 6.67. The molecule has 0 aliphatic heterocycles. The monoisotopic (exact) mass is 257 g/mol. The van der Waals surface area contributed by atoms with Gasteiger partial charge in [-0.15, -0.1) is 0 Å². The smallest absolute Gasteiger partial charge is 0.305 e. The van der Waals surface area contributed by atoms with E-state index in [1.54, 1.807) is 0 Å². The lowest BCUT2D eigenvalue weighted by Crippen LogP contribution is -2.32. The number of methoxy groups -OCH3 is 1. The van der Waals surface area contributed by atoms with Crippen molar-refractivity contribution in [1.29, 1.82) is 0 Å². The summed E-state index contributed by atoms with van der Waals surface area (Å²) in [5.41, 5.74) is 5.70. The molecule has 0 aliphatic carbocycles. The molecule has 5 nitrogen and oxygen atoms in total. The van der Waals surface area contributed by atoms with E-state index in [9.17, 15) is 4.79 Å². The molecule has 0 saturated carbocycles. The molecule has 0 unspecified atom stereocenters. The Kier molecular flexibility index (Phi) is 10.1. The van der Waals surface area contributed by atoms with Gasteiger partial charge < -0.3 is 15.8 Å². The summed E-state index contributed by atoms with van der Waals surface area (Å²) in [7, 11) is 1.42. The third-order valence-electron chi connectivity index (χ3n) is 2.47. The maximum absolute atomic E-state index is 10.9. The van der Waals surface area contributed by atoms with Gasteiger partial charge in [0.15, 0.2) is 5.96 Å². The molecule has 0 bridgehead atoms. The number of nitrogens with two attached hydrogens (primary N) is 1. The third-order valence-corrected chi connectivity index (χ3v) is 2.47. The van der Waals surface area contributed by atoms with Crippen LogP contribution in [0, 0.1) is 5.92 Å². The first-order valence-electron chi connectivity index (χ1n) is 6.67. The van der Waals surface area contributed by atoms with Gasteiger partial charge in [0.2, 0.25) is 0 Å². The fraction of sp³-hybridized carbons (Fsp3) is 0.846. The average molecular weight is 257 g/mol. The zero-order valence-electron chi connectivity index (χ0n) is 11.9. The lowest BCUT2D eigenvalue weighted by Gasteiger charge is -2.06. The molecule has 106 valence electrons. The lowest BCUT2D eigenvalue weighted by molar-refractivity contribution is -0.140. The van der Waals surface area contributed by atoms with Crippen molar-refractivity contribution >= 4 is 11.9 Å². The highest BCUT2D eigenvalue weighted by molar-refractivity contribution is 5.77. The Morgan fingerprint density at radius 2 is 1.94 bits per heavy atom. The minimum Gasteiger partial charge on any atom is -0.469 e. The van der Waals surface area contributed by atoms with E-state index in [1.165, 1.54) is 7.11 Å². The number of hydrogen-bond acceptors (Lipinski definition) is 3. The molecule has 0 aromatic rings. The Hall–Kier alpha value is -1.26. The normalized spacial score (nSPS) is 11.7. The van der Waals surface area contributed by atoms with E-state index in [2.05, 4.69) is 28.9 Å². The second-order valence-corrected chi connectivity index (χ2v) is 4.79. The summed E-state index contributed by atoms with van der Waals surface area (Å²) in [5, 5.41) is 3.08. The maximum atomic E-state index is 10.9. The molecule has 0 saturated heterocycles. The number of nitrogens with zero attached hydrogens (tertiary/aromatic N) is 1. The van der Waals surface area contributed by atoms with Crippen LogP contribution in [0.15, 0.2) is 4.99 Å². The van der Waals surface area contributed by atoms with Crippen molar-refractivity contribution in [3.8, 4) is 0 Å². The molecule has 5 heteroatoms. The van der Waals surface area contributed by atoms with Gasteiger partial charge in [0.1, 0.15) is 0 Å². The Labute approximate surface area is 110 Å². The Morgan fingerprint density at radius 3 is 2.56 bits per heavy atom. The average Bonchev–Trinajstić information content (AvgIpc) is 2.34. The molecular weight excluding hydrogens is 230 g/mol. The first-order chi connectivity index (χ1) is 8.56. The van der Waals surface area contributed by atoms with Crippen molar-refractivity contribution < 1.29 is 9.53 Å². The van der Waals surface area contributed by atoms with Gasteiger partial charge in [-0.25, -0.2) is 0 Å². The SMILES string of the molecule is COC(=O)CCCCCCNC(N)=NCC(C)C. The van der Waals surface area contributed by atoms with Gasteiger partial charge in [-0.3, -0.25) is 9.79 Å². The quantitative estimate of drug-likeness (QED) is 0.285. The molecule has 0 atom stereocenters. The topological polar surface area (TPSA) is 76.7 Å². The largest absolute Gasteiger partial charge is 0.469 e. The molecule has 3 N–H and O–H groups in total. The predicted molar refractivity (Wildman–Crippen MR) is 74.4 cm³/mol. The van der Waals surface area contributed by atoms with E-state index in [1.807, 2.05) is 0 Å². The molecule has 0 aromatic carbocycles. The number of rotatable bonds is 9. The zero-order valence-corrected chi connectivity index (χ0v) is 11.9. The van der Waals surface area contributed by atoms with Crippen molar-refractivity contribution in [3.05, 3.63) is 0 Å². The number of carbonyl (C=O) groups is 1. The Bertz CT molecular complexity index is 253. The molecule has 0 heterocycles. The second-order valence-electron chi connectivity index (χ2n) is 4.79. The number of hydrogen-bond donors (Lipinski definition) is 2. The van der Waals surface area contributed by atoms with Gasteiger partial charge in [0.05, 0.1) is 7.11 Å². The van der Waals surface area contributed by atoms with Crippen molar-refractivity contribution in [3.63, 3.8) is 0 Å². The number of guanidine groups is 1. The third kappa shape index (κ3) is 11.2. The molecule has 0 rings (SSSR count).